The Morgan fingerprint density at radius 1 is 1.33 bits per heavy atom. The second-order valence-electron chi connectivity index (χ2n) is 4.37. The standard InChI is InChI=1S/C14H16BrClO5/c1-8(4-12(17)20-3)13(18)9-5-10(15)14(11(16)6-9)21-7-19-2/h5-6,8H,4,7H2,1-3H3. The molecule has 1 atom stereocenters. The van der Waals surface area contributed by atoms with Gasteiger partial charge >= 0.3 is 5.97 Å². The van der Waals surface area contributed by atoms with Gasteiger partial charge in [0.05, 0.1) is 23.0 Å². The minimum absolute atomic E-state index is 0.0203. The lowest BCUT2D eigenvalue weighted by molar-refractivity contribution is -0.141. The number of ether oxygens (including phenoxy) is 3. The number of methoxy groups -OCH3 is 2. The molecule has 116 valence electrons. The van der Waals surface area contributed by atoms with Crippen molar-refractivity contribution in [1.82, 2.24) is 0 Å². The van der Waals surface area contributed by atoms with E-state index in [-0.39, 0.29) is 24.0 Å². The highest BCUT2D eigenvalue weighted by atomic mass is 79.9. The summed E-state index contributed by atoms with van der Waals surface area (Å²) in [5.74, 6) is -0.718. The van der Waals surface area contributed by atoms with Gasteiger partial charge < -0.3 is 14.2 Å². The van der Waals surface area contributed by atoms with Gasteiger partial charge in [-0.15, -0.1) is 0 Å². The van der Waals surface area contributed by atoms with E-state index in [4.69, 9.17) is 21.1 Å². The summed E-state index contributed by atoms with van der Waals surface area (Å²) in [4.78, 5) is 23.5. The highest BCUT2D eigenvalue weighted by Crippen LogP contribution is 2.35. The molecule has 0 saturated heterocycles. The van der Waals surface area contributed by atoms with Gasteiger partial charge in [-0.3, -0.25) is 9.59 Å². The second-order valence-corrected chi connectivity index (χ2v) is 5.63. The van der Waals surface area contributed by atoms with Crippen LogP contribution in [0.3, 0.4) is 0 Å². The third kappa shape index (κ3) is 4.98. The molecule has 0 aliphatic carbocycles. The van der Waals surface area contributed by atoms with Crippen molar-refractivity contribution >= 4 is 39.3 Å². The summed E-state index contributed by atoms with van der Waals surface area (Å²) in [7, 11) is 2.78. The zero-order chi connectivity index (χ0) is 16.0. The average Bonchev–Trinajstić information content (AvgIpc) is 2.45. The van der Waals surface area contributed by atoms with Crippen LogP contribution in [0.4, 0.5) is 0 Å². The van der Waals surface area contributed by atoms with Crippen molar-refractivity contribution in [1.29, 1.82) is 0 Å². The van der Waals surface area contributed by atoms with Crippen LogP contribution in [0.1, 0.15) is 23.7 Å². The molecule has 0 fully saturated rings. The fourth-order valence-electron chi connectivity index (χ4n) is 1.67. The lowest BCUT2D eigenvalue weighted by atomic mass is 9.96. The van der Waals surface area contributed by atoms with E-state index in [0.717, 1.165) is 0 Å². The molecule has 0 aliphatic heterocycles. The first kappa shape index (κ1) is 17.9. The topological polar surface area (TPSA) is 61.8 Å². The zero-order valence-electron chi connectivity index (χ0n) is 11.9. The van der Waals surface area contributed by atoms with Crippen LogP contribution in [0.5, 0.6) is 5.75 Å². The first-order chi connectivity index (χ1) is 9.90. The molecular weight excluding hydrogens is 364 g/mol. The van der Waals surface area contributed by atoms with Gasteiger partial charge in [0.25, 0.3) is 0 Å². The first-order valence-electron chi connectivity index (χ1n) is 6.12. The third-order valence-electron chi connectivity index (χ3n) is 2.75. The largest absolute Gasteiger partial charge is 0.469 e. The maximum absolute atomic E-state index is 12.3. The van der Waals surface area contributed by atoms with Gasteiger partial charge in [-0.1, -0.05) is 18.5 Å². The van der Waals surface area contributed by atoms with Gasteiger partial charge in [-0.2, -0.15) is 0 Å². The molecule has 1 unspecified atom stereocenters. The monoisotopic (exact) mass is 378 g/mol. The summed E-state index contributed by atoms with van der Waals surface area (Å²) in [5, 5.41) is 0.287. The van der Waals surface area contributed by atoms with Gasteiger partial charge in [0.1, 0.15) is 0 Å². The van der Waals surface area contributed by atoms with Crippen molar-refractivity contribution in [3.05, 3.63) is 27.2 Å². The van der Waals surface area contributed by atoms with Crippen molar-refractivity contribution < 1.29 is 23.8 Å². The molecule has 0 aromatic heterocycles. The molecule has 0 N–H and O–H groups in total. The van der Waals surface area contributed by atoms with Gasteiger partial charge in [0, 0.05) is 18.6 Å². The Hall–Kier alpha value is -1.11. The summed E-state index contributed by atoms with van der Waals surface area (Å²) in [6, 6.07) is 3.11. The van der Waals surface area contributed by atoms with Crippen molar-refractivity contribution in [2.45, 2.75) is 13.3 Å². The Kier molecular flexibility index (Phi) is 7.14. The number of esters is 1. The SMILES string of the molecule is COCOc1c(Cl)cc(C(=O)C(C)CC(=O)OC)cc1Br. The average molecular weight is 380 g/mol. The first-order valence-corrected chi connectivity index (χ1v) is 7.29. The molecule has 7 heteroatoms. The number of benzene rings is 1. The van der Waals surface area contributed by atoms with Crippen LogP contribution in [0, 0.1) is 5.92 Å². The van der Waals surface area contributed by atoms with Crippen LogP contribution < -0.4 is 4.74 Å². The van der Waals surface area contributed by atoms with E-state index in [0.29, 0.717) is 15.8 Å². The fraction of sp³-hybridized carbons (Fsp3) is 0.429. The van der Waals surface area contributed by atoms with E-state index >= 15 is 0 Å². The van der Waals surface area contributed by atoms with E-state index in [9.17, 15) is 9.59 Å². The van der Waals surface area contributed by atoms with E-state index in [1.165, 1.54) is 20.3 Å². The molecule has 0 heterocycles. The van der Waals surface area contributed by atoms with Crippen LogP contribution in [-0.4, -0.2) is 32.8 Å². The molecule has 0 amide bonds. The molecule has 0 radical (unpaired) electrons. The quantitative estimate of drug-likeness (QED) is 0.412. The summed E-state index contributed by atoms with van der Waals surface area (Å²) >= 11 is 9.40. The Labute approximate surface area is 136 Å². The number of ketones is 1. The van der Waals surface area contributed by atoms with Gasteiger partial charge in [0.2, 0.25) is 0 Å². The summed E-state index contributed by atoms with van der Waals surface area (Å²) < 4.78 is 15.2. The predicted molar refractivity (Wildman–Crippen MR) is 81.8 cm³/mol. The summed E-state index contributed by atoms with van der Waals surface area (Å²) in [6.45, 7) is 1.71. The Morgan fingerprint density at radius 2 is 2.00 bits per heavy atom. The smallest absolute Gasteiger partial charge is 0.306 e. The van der Waals surface area contributed by atoms with Crippen molar-refractivity contribution in [2.75, 3.05) is 21.0 Å². The Morgan fingerprint density at radius 3 is 2.52 bits per heavy atom. The highest BCUT2D eigenvalue weighted by molar-refractivity contribution is 9.10. The zero-order valence-corrected chi connectivity index (χ0v) is 14.3. The maximum atomic E-state index is 12.3. The molecular formula is C14H16BrClO5. The number of hydrogen-bond acceptors (Lipinski definition) is 5. The molecule has 0 spiro atoms. The number of carbonyl (C=O) groups is 2. The lowest BCUT2D eigenvalue weighted by Crippen LogP contribution is -2.16. The fourth-order valence-corrected chi connectivity index (χ4v) is 2.63. The third-order valence-corrected chi connectivity index (χ3v) is 3.62. The number of carbonyl (C=O) groups excluding carboxylic acids is 2. The van der Waals surface area contributed by atoms with E-state index in [1.54, 1.807) is 13.0 Å². The van der Waals surface area contributed by atoms with Crippen LogP contribution >= 0.6 is 27.5 Å². The second kappa shape index (κ2) is 8.36. The molecule has 21 heavy (non-hydrogen) atoms. The summed E-state index contributed by atoms with van der Waals surface area (Å²) in [6.07, 6.45) is 0.0203. The van der Waals surface area contributed by atoms with Crippen molar-refractivity contribution in [3.63, 3.8) is 0 Å². The van der Waals surface area contributed by atoms with Gasteiger partial charge in [0.15, 0.2) is 18.3 Å². The van der Waals surface area contributed by atoms with Crippen molar-refractivity contribution in [3.8, 4) is 5.75 Å². The predicted octanol–water partition coefficient (Wildman–Crippen LogP) is 3.47. The van der Waals surface area contributed by atoms with Gasteiger partial charge in [-0.25, -0.2) is 0 Å². The summed E-state index contributed by atoms with van der Waals surface area (Å²) in [5.41, 5.74) is 0.396. The van der Waals surface area contributed by atoms with E-state index < -0.39 is 11.9 Å². The Balaban J connectivity index is 2.93. The lowest BCUT2D eigenvalue weighted by Gasteiger charge is -2.13. The minimum Gasteiger partial charge on any atom is -0.469 e. The van der Waals surface area contributed by atoms with E-state index in [2.05, 4.69) is 20.7 Å². The Bertz CT molecular complexity index is 509. The van der Waals surface area contributed by atoms with Crippen LogP contribution in [0.2, 0.25) is 5.02 Å². The number of halogens is 2. The van der Waals surface area contributed by atoms with E-state index in [1.807, 2.05) is 0 Å². The molecule has 0 saturated carbocycles. The molecule has 0 aliphatic rings. The normalized spacial score (nSPS) is 11.9. The number of hydrogen-bond donors (Lipinski definition) is 0. The number of Topliss-reactive ketones (excluding diaryl/α,β-unsaturated/α-hetero) is 1. The maximum Gasteiger partial charge on any atom is 0.306 e. The van der Waals surface area contributed by atoms with Gasteiger partial charge in [-0.05, 0) is 28.1 Å². The van der Waals surface area contributed by atoms with Crippen LogP contribution in [-0.2, 0) is 14.3 Å². The molecule has 1 aromatic carbocycles. The van der Waals surface area contributed by atoms with Crippen LogP contribution in [0.25, 0.3) is 0 Å². The molecule has 1 rings (SSSR count). The number of rotatable bonds is 7. The molecule has 0 bridgehead atoms. The van der Waals surface area contributed by atoms with Crippen LogP contribution in [0.15, 0.2) is 16.6 Å². The molecule has 5 nitrogen and oxygen atoms in total. The molecule has 1 aromatic rings. The minimum atomic E-state index is -0.494. The highest BCUT2D eigenvalue weighted by Gasteiger charge is 2.21. The van der Waals surface area contributed by atoms with Crippen molar-refractivity contribution in [2.24, 2.45) is 5.92 Å².